The number of carbonyl (C=O) groups is 2. The Bertz CT molecular complexity index is 252. The van der Waals surface area contributed by atoms with Gasteiger partial charge in [0, 0.05) is 0 Å². The maximum Gasteiger partial charge on any atom is 0.309 e. The van der Waals surface area contributed by atoms with Gasteiger partial charge in [-0.3, -0.25) is 9.59 Å². The van der Waals surface area contributed by atoms with Gasteiger partial charge in [0.05, 0.1) is 18.4 Å². The largest absolute Gasteiger partial charge is 0.481 e. The molecule has 0 fully saturated rings. The highest BCUT2D eigenvalue weighted by Gasteiger charge is 2.27. The molecule has 0 saturated heterocycles. The molecule has 18 heavy (non-hydrogen) atoms. The van der Waals surface area contributed by atoms with E-state index in [9.17, 15) is 14.7 Å². The maximum atomic E-state index is 10.9. The molecule has 0 aliphatic heterocycles. The van der Waals surface area contributed by atoms with Crippen LogP contribution in [0.3, 0.4) is 0 Å². The van der Waals surface area contributed by atoms with Crippen molar-refractivity contribution in [2.75, 3.05) is 0 Å². The van der Waals surface area contributed by atoms with Crippen LogP contribution in [0.15, 0.2) is 0 Å². The fourth-order valence-electron chi connectivity index (χ4n) is 1.95. The Hall–Kier alpha value is -1.10. The van der Waals surface area contributed by atoms with Gasteiger partial charge in [0.15, 0.2) is 0 Å². The van der Waals surface area contributed by atoms with Crippen LogP contribution in [-0.4, -0.2) is 33.4 Å². The van der Waals surface area contributed by atoms with Crippen LogP contribution in [0.5, 0.6) is 0 Å². The molecule has 0 saturated carbocycles. The van der Waals surface area contributed by atoms with E-state index in [1.807, 2.05) is 0 Å². The van der Waals surface area contributed by atoms with Crippen molar-refractivity contribution in [3.05, 3.63) is 0 Å². The number of hydrogen-bond donors (Lipinski definition) is 3. The zero-order valence-electron chi connectivity index (χ0n) is 11.0. The Balaban J connectivity index is 3.90. The van der Waals surface area contributed by atoms with Crippen molar-refractivity contribution in [2.24, 2.45) is 5.92 Å². The number of carboxylic acids is 2. The van der Waals surface area contributed by atoms with Gasteiger partial charge in [0.1, 0.15) is 0 Å². The quantitative estimate of drug-likeness (QED) is 0.495. The Morgan fingerprint density at radius 3 is 2.06 bits per heavy atom. The molecule has 0 amide bonds. The van der Waals surface area contributed by atoms with Crippen LogP contribution in [0.4, 0.5) is 0 Å². The van der Waals surface area contributed by atoms with Crippen molar-refractivity contribution >= 4 is 11.9 Å². The van der Waals surface area contributed by atoms with E-state index in [0.717, 1.165) is 32.1 Å². The van der Waals surface area contributed by atoms with Crippen LogP contribution in [0, 0.1) is 5.92 Å². The van der Waals surface area contributed by atoms with Gasteiger partial charge < -0.3 is 15.3 Å². The highest BCUT2D eigenvalue weighted by Crippen LogP contribution is 2.18. The first-order valence-corrected chi connectivity index (χ1v) is 6.61. The van der Waals surface area contributed by atoms with Crippen LogP contribution in [0.2, 0.25) is 0 Å². The Morgan fingerprint density at radius 1 is 1.00 bits per heavy atom. The second-order valence-electron chi connectivity index (χ2n) is 4.67. The fourth-order valence-corrected chi connectivity index (χ4v) is 1.95. The zero-order chi connectivity index (χ0) is 14.0. The van der Waals surface area contributed by atoms with Crippen molar-refractivity contribution in [3.63, 3.8) is 0 Å². The number of unbranched alkanes of at least 4 members (excludes halogenated alkanes) is 5. The lowest BCUT2D eigenvalue weighted by molar-refractivity contribution is -0.148. The number of aliphatic hydroxyl groups excluding tert-OH is 1. The topological polar surface area (TPSA) is 94.8 Å². The van der Waals surface area contributed by atoms with Gasteiger partial charge in [-0.2, -0.15) is 0 Å². The molecule has 3 N–H and O–H groups in total. The third kappa shape index (κ3) is 8.06. The minimum atomic E-state index is -1.30. The average molecular weight is 260 g/mol. The molecule has 0 aliphatic carbocycles. The third-order valence-corrected chi connectivity index (χ3v) is 3.03. The van der Waals surface area contributed by atoms with Crippen LogP contribution in [-0.2, 0) is 9.59 Å². The van der Waals surface area contributed by atoms with Gasteiger partial charge in [-0.15, -0.1) is 0 Å². The molecular formula is C13H24O5. The summed E-state index contributed by atoms with van der Waals surface area (Å²) >= 11 is 0. The van der Waals surface area contributed by atoms with Crippen molar-refractivity contribution in [1.29, 1.82) is 0 Å². The van der Waals surface area contributed by atoms with Crippen molar-refractivity contribution in [2.45, 2.75) is 64.4 Å². The number of hydrogen-bond acceptors (Lipinski definition) is 3. The maximum absolute atomic E-state index is 10.9. The summed E-state index contributed by atoms with van der Waals surface area (Å²) in [5.74, 6) is -3.25. The van der Waals surface area contributed by atoms with Crippen LogP contribution >= 0.6 is 0 Å². The van der Waals surface area contributed by atoms with Gasteiger partial charge >= 0.3 is 11.9 Å². The van der Waals surface area contributed by atoms with Crippen LogP contribution < -0.4 is 0 Å². The lowest BCUT2D eigenvalue weighted by Gasteiger charge is -2.17. The van der Waals surface area contributed by atoms with E-state index in [1.165, 1.54) is 6.42 Å². The van der Waals surface area contributed by atoms with Crippen molar-refractivity contribution < 1.29 is 24.9 Å². The molecule has 0 bridgehead atoms. The summed E-state index contributed by atoms with van der Waals surface area (Å²) in [4.78, 5) is 21.4. The van der Waals surface area contributed by atoms with Crippen molar-refractivity contribution in [3.8, 4) is 0 Å². The number of carboxylic acid groups (broad SMARTS) is 2. The summed E-state index contributed by atoms with van der Waals surface area (Å²) in [5, 5.41) is 27.0. The summed E-state index contributed by atoms with van der Waals surface area (Å²) in [6, 6.07) is 0. The molecule has 106 valence electrons. The molecule has 0 spiro atoms. The molecule has 0 aromatic rings. The lowest BCUT2D eigenvalue weighted by Crippen LogP contribution is -2.30. The van der Waals surface area contributed by atoms with Gasteiger partial charge in [-0.05, 0) is 6.42 Å². The van der Waals surface area contributed by atoms with Gasteiger partial charge in [0.2, 0.25) is 0 Å². The summed E-state index contributed by atoms with van der Waals surface area (Å²) in [6.45, 7) is 2.13. The molecule has 0 aromatic carbocycles. The van der Waals surface area contributed by atoms with E-state index >= 15 is 0 Å². The van der Waals surface area contributed by atoms with Gasteiger partial charge in [-0.25, -0.2) is 0 Å². The fraction of sp³-hybridized carbons (Fsp3) is 0.846. The van der Waals surface area contributed by atoms with E-state index in [0.29, 0.717) is 6.42 Å². The van der Waals surface area contributed by atoms with E-state index in [-0.39, 0.29) is 0 Å². The highest BCUT2D eigenvalue weighted by molar-refractivity contribution is 5.73. The minimum absolute atomic E-state index is 0.343. The molecule has 0 aliphatic rings. The van der Waals surface area contributed by atoms with Crippen LogP contribution in [0.25, 0.3) is 0 Å². The number of rotatable bonds is 11. The van der Waals surface area contributed by atoms with Crippen LogP contribution in [0.1, 0.15) is 58.3 Å². The Labute approximate surface area is 108 Å². The number of aliphatic hydroxyl groups is 1. The predicted molar refractivity (Wildman–Crippen MR) is 67.4 cm³/mol. The normalized spacial score (nSPS) is 14.1. The van der Waals surface area contributed by atoms with E-state index in [4.69, 9.17) is 10.2 Å². The van der Waals surface area contributed by atoms with E-state index in [1.54, 1.807) is 0 Å². The average Bonchev–Trinajstić information content (AvgIpc) is 2.26. The second-order valence-corrected chi connectivity index (χ2v) is 4.67. The van der Waals surface area contributed by atoms with E-state index < -0.39 is 30.4 Å². The first-order valence-electron chi connectivity index (χ1n) is 6.61. The minimum Gasteiger partial charge on any atom is -0.481 e. The monoisotopic (exact) mass is 260 g/mol. The third-order valence-electron chi connectivity index (χ3n) is 3.03. The van der Waals surface area contributed by atoms with Gasteiger partial charge in [-0.1, -0.05) is 45.4 Å². The lowest BCUT2D eigenvalue weighted by atomic mass is 9.93. The molecule has 0 radical (unpaired) electrons. The molecular weight excluding hydrogens is 236 g/mol. The van der Waals surface area contributed by atoms with Crippen molar-refractivity contribution in [1.82, 2.24) is 0 Å². The summed E-state index contributed by atoms with van der Waals surface area (Å²) in [6.07, 6.45) is 4.75. The Morgan fingerprint density at radius 2 is 1.56 bits per heavy atom. The zero-order valence-corrected chi connectivity index (χ0v) is 11.0. The van der Waals surface area contributed by atoms with E-state index in [2.05, 4.69) is 6.92 Å². The molecule has 0 heterocycles. The highest BCUT2D eigenvalue weighted by atomic mass is 16.4. The molecule has 2 unspecified atom stereocenters. The molecule has 5 heteroatoms. The summed E-state index contributed by atoms with van der Waals surface area (Å²) < 4.78 is 0. The first kappa shape index (κ1) is 16.9. The molecule has 2 atom stereocenters. The summed E-state index contributed by atoms with van der Waals surface area (Å²) in [5.41, 5.74) is 0. The predicted octanol–water partition coefficient (Wildman–Crippen LogP) is 2.27. The molecule has 5 nitrogen and oxygen atoms in total. The SMILES string of the molecule is CCCCCCCCC(C(=O)O)C(O)CC(=O)O. The first-order chi connectivity index (χ1) is 8.49. The Kier molecular flexibility index (Phi) is 9.28. The number of aliphatic carboxylic acids is 2. The summed E-state index contributed by atoms with van der Waals surface area (Å²) in [7, 11) is 0. The molecule has 0 rings (SSSR count). The van der Waals surface area contributed by atoms with Gasteiger partial charge in [0.25, 0.3) is 0 Å². The second kappa shape index (κ2) is 9.88. The standard InChI is InChI=1S/C13H24O5/c1-2-3-4-5-6-7-8-10(13(17)18)11(14)9-12(15)16/h10-11,14H,2-9H2,1H3,(H,15,16)(H,17,18). The smallest absolute Gasteiger partial charge is 0.309 e. The molecule has 0 aromatic heterocycles.